The van der Waals surface area contributed by atoms with Crippen LogP contribution >= 0.6 is 11.6 Å². The summed E-state index contributed by atoms with van der Waals surface area (Å²) >= 11 is 5.39. The smallest absolute Gasteiger partial charge is 0.255 e. The predicted molar refractivity (Wildman–Crippen MR) is 79.4 cm³/mol. The first-order valence-corrected chi connectivity index (χ1v) is 6.75. The van der Waals surface area contributed by atoms with E-state index in [4.69, 9.17) is 11.6 Å². The van der Waals surface area contributed by atoms with Crippen LogP contribution in [0.1, 0.15) is 41.3 Å². The van der Waals surface area contributed by atoms with Crippen LogP contribution in [-0.4, -0.2) is 23.0 Å². The molecule has 0 bridgehead atoms. The molecule has 1 aliphatic carbocycles. The van der Waals surface area contributed by atoms with Crippen molar-refractivity contribution in [3.8, 4) is 0 Å². The molecule has 3 nitrogen and oxygen atoms in total. The van der Waals surface area contributed by atoms with Crippen LogP contribution in [0, 0.1) is 12.7 Å². The number of allylic oxidation sites excluding steroid dienone is 1. The molecule has 5 heteroatoms. The van der Waals surface area contributed by atoms with Crippen molar-refractivity contribution < 1.29 is 9.18 Å². The molecule has 1 saturated carbocycles. The molecule has 0 saturated heterocycles. The van der Waals surface area contributed by atoms with E-state index >= 15 is 0 Å². The normalized spacial score (nSPS) is 15.1. The van der Waals surface area contributed by atoms with Gasteiger partial charge in [-0.05, 0) is 67.1 Å². The topological polar surface area (TPSA) is 32.7 Å². The summed E-state index contributed by atoms with van der Waals surface area (Å²) in [4.78, 5) is 11.2. The van der Waals surface area contributed by atoms with Gasteiger partial charge in [-0.1, -0.05) is 0 Å². The van der Waals surface area contributed by atoms with Gasteiger partial charge in [0.2, 0.25) is 0 Å². The van der Waals surface area contributed by atoms with E-state index in [0.29, 0.717) is 6.04 Å². The van der Waals surface area contributed by atoms with Crippen molar-refractivity contribution in [3.05, 3.63) is 40.8 Å². The van der Waals surface area contributed by atoms with Crippen LogP contribution in [0.4, 0.5) is 4.39 Å². The van der Waals surface area contributed by atoms with E-state index in [2.05, 4.69) is 11.8 Å². The third-order valence-electron chi connectivity index (χ3n) is 3.36. The van der Waals surface area contributed by atoms with Gasteiger partial charge < -0.3 is 0 Å². The Morgan fingerprint density at radius 3 is 2.65 bits per heavy atom. The van der Waals surface area contributed by atoms with Gasteiger partial charge in [0.25, 0.3) is 5.24 Å². The fourth-order valence-corrected chi connectivity index (χ4v) is 2.26. The molecule has 1 fully saturated rings. The maximum atomic E-state index is 13.6. The summed E-state index contributed by atoms with van der Waals surface area (Å²) in [6.07, 6.45) is 4.06. The van der Waals surface area contributed by atoms with Crippen molar-refractivity contribution in [2.24, 2.45) is 5.10 Å². The lowest BCUT2D eigenvalue weighted by Gasteiger charge is -2.15. The second-order valence-corrected chi connectivity index (χ2v) is 5.33. The van der Waals surface area contributed by atoms with Gasteiger partial charge in [0, 0.05) is 12.9 Å². The lowest BCUT2D eigenvalue weighted by molar-refractivity contribution is 0.107. The lowest BCUT2D eigenvalue weighted by atomic mass is 9.99. The molecule has 0 N–H and O–H groups in total. The minimum Gasteiger partial charge on any atom is -0.275 e. The fourth-order valence-electron chi connectivity index (χ4n) is 2.12. The Morgan fingerprint density at radius 2 is 2.15 bits per heavy atom. The highest BCUT2D eigenvalue weighted by molar-refractivity contribution is 6.67. The molecular weight excluding hydrogens is 279 g/mol. The number of carbonyl (C=O) groups excluding carboxylic acids is 1. The Balaban J connectivity index is 2.40. The second kappa shape index (κ2) is 5.75. The molecule has 0 amide bonds. The summed E-state index contributed by atoms with van der Waals surface area (Å²) in [6.45, 7) is 7.23. The largest absolute Gasteiger partial charge is 0.275 e. The molecular formula is C15H16ClFN2O. The number of aryl methyl sites for hydroxylation is 1. The van der Waals surface area contributed by atoms with E-state index in [-0.39, 0.29) is 5.56 Å². The van der Waals surface area contributed by atoms with Crippen LogP contribution in [0.3, 0.4) is 0 Å². The van der Waals surface area contributed by atoms with E-state index in [1.807, 2.05) is 13.1 Å². The van der Waals surface area contributed by atoms with E-state index in [9.17, 15) is 9.18 Å². The van der Waals surface area contributed by atoms with Gasteiger partial charge >= 0.3 is 0 Å². The third-order valence-corrected chi connectivity index (χ3v) is 3.56. The van der Waals surface area contributed by atoms with Crippen LogP contribution in [0.5, 0.6) is 0 Å². The molecule has 0 radical (unpaired) electrons. The van der Waals surface area contributed by atoms with Gasteiger partial charge in [0.05, 0.1) is 11.6 Å². The molecule has 0 heterocycles. The Bertz CT molecular complexity index is 594. The number of rotatable bonds is 5. The summed E-state index contributed by atoms with van der Waals surface area (Å²) in [6, 6.07) is 3.21. The number of carbonyl (C=O) groups is 1. The van der Waals surface area contributed by atoms with Crippen LogP contribution < -0.4 is 0 Å². The van der Waals surface area contributed by atoms with Crippen LogP contribution in [0.15, 0.2) is 23.4 Å². The van der Waals surface area contributed by atoms with Crippen molar-refractivity contribution in [3.63, 3.8) is 0 Å². The first kappa shape index (κ1) is 14.7. The van der Waals surface area contributed by atoms with Crippen molar-refractivity contribution in [1.29, 1.82) is 0 Å². The van der Waals surface area contributed by atoms with E-state index in [1.165, 1.54) is 12.1 Å². The Kier molecular flexibility index (Phi) is 4.23. The van der Waals surface area contributed by atoms with Crippen molar-refractivity contribution in [2.75, 3.05) is 0 Å². The second-order valence-electron chi connectivity index (χ2n) is 4.99. The van der Waals surface area contributed by atoms with Gasteiger partial charge in [-0.15, -0.1) is 0 Å². The molecule has 1 aromatic rings. The number of hydrogen-bond acceptors (Lipinski definition) is 3. The van der Waals surface area contributed by atoms with Crippen LogP contribution in [0.2, 0.25) is 0 Å². The average molecular weight is 295 g/mol. The first-order valence-electron chi connectivity index (χ1n) is 6.37. The number of benzene rings is 1. The molecule has 106 valence electrons. The maximum absolute atomic E-state index is 13.6. The van der Waals surface area contributed by atoms with E-state index < -0.39 is 11.1 Å². The maximum Gasteiger partial charge on any atom is 0.255 e. The highest BCUT2D eigenvalue weighted by Crippen LogP contribution is 2.30. The molecule has 0 aliphatic heterocycles. The molecule has 0 spiro atoms. The van der Waals surface area contributed by atoms with E-state index in [1.54, 1.807) is 11.9 Å². The molecule has 1 aromatic carbocycles. The lowest BCUT2D eigenvalue weighted by Crippen LogP contribution is -2.12. The zero-order chi connectivity index (χ0) is 14.9. The summed E-state index contributed by atoms with van der Waals surface area (Å²) in [5.74, 6) is -0.597. The van der Waals surface area contributed by atoms with Gasteiger partial charge in [-0.2, -0.15) is 5.10 Å². The minimum absolute atomic E-state index is 0.107. The van der Waals surface area contributed by atoms with Crippen molar-refractivity contribution in [2.45, 2.75) is 32.7 Å². The third kappa shape index (κ3) is 3.07. The summed E-state index contributed by atoms with van der Waals surface area (Å²) < 4.78 is 13.6. The van der Waals surface area contributed by atoms with Crippen LogP contribution in [0.25, 0.3) is 5.57 Å². The van der Waals surface area contributed by atoms with Crippen molar-refractivity contribution in [1.82, 2.24) is 5.01 Å². The van der Waals surface area contributed by atoms with E-state index in [0.717, 1.165) is 29.5 Å². The number of nitrogens with zero attached hydrogens (tertiary/aromatic N) is 2. The SMILES string of the molecule is C=NN(/C=C(\C)c1cc(C(=O)Cl)c(F)cc1C)C1CC1. The highest BCUT2D eigenvalue weighted by Gasteiger charge is 2.27. The van der Waals surface area contributed by atoms with Crippen molar-refractivity contribution >= 4 is 29.1 Å². The standard InChI is InChI=1S/C15H16ClFN2O/c1-9-6-14(17)13(15(16)20)7-12(9)10(2)8-19(18-3)11-4-5-11/h6-8,11H,3-5H2,1-2H3/b10-8+. The zero-order valence-corrected chi connectivity index (χ0v) is 12.2. The zero-order valence-electron chi connectivity index (χ0n) is 11.5. The molecule has 0 unspecified atom stereocenters. The summed E-state index contributed by atoms with van der Waals surface area (Å²) in [5.41, 5.74) is 2.31. The highest BCUT2D eigenvalue weighted by atomic mass is 35.5. The average Bonchev–Trinajstić information content (AvgIpc) is 3.19. The number of hydrazone groups is 1. The molecule has 0 atom stereocenters. The molecule has 20 heavy (non-hydrogen) atoms. The summed E-state index contributed by atoms with van der Waals surface area (Å²) in [5, 5.41) is 4.97. The van der Waals surface area contributed by atoms with Gasteiger partial charge in [-0.3, -0.25) is 9.80 Å². The van der Waals surface area contributed by atoms with Gasteiger partial charge in [0.1, 0.15) is 5.82 Å². The number of halogens is 2. The Hall–Kier alpha value is -1.68. The number of hydrogen-bond donors (Lipinski definition) is 0. The van der Waals surface area contributed by atoms with Gasteiger partial charge in [0.15, 0.2) is 0 Å². The quantitative estimate of drug-likeness (QED) is 0.468. The van der Waals surface area contributed by atoms with Crippen LogP contribution in [-0.2, 0) is 0 Å². The summed E-state index contributed by atoms with van der Waals surface area (Å²) in [7, 11) is 0. The Labute approximate surface area is 122 Å². The monoisotopic (exact) mass is 294 g/mol. The Morgan fingerprint density at radius 1 is 1.50 bits per heavy atom. The van der Waals surface area contributed by atoms with Gasteiger partial charge in [-0.25, -0.2) is 4.39 Å². The molecule has 1 aliphatic rings. The first-order chi connectivity index (χ1) is 9.43. The fraction of sp³-hybridized carbons (Fsp3) is 0.333. The molecule has 0 aromatic heterocycles. The predicted octanol–water partition coefficient (Wildman–Crippen LogP) is 3.95. The molecule has 2 rings (SSSR count). The minimum atomic E-state index is -0.794.